The van der Waals surface area contributed by atoms with E-state index in [-0.39, 0.29) is 23.9 Å². The molecule has 2 aromatic carbocycles. The van der Waals surface area contributed by atoms with Gasteiger partial charge in [-0.3, -0.25) is 9.69 Å². The van der Waals surface area contributed by atoms with Crippen LogP contribution in [0.4, 0.5) is 14.5 Å². The molecule has 0 spiro atoms. The molecular formula is C21H25F2N3O3S. The van der Waals surface area contributed by atoms with Gasteiger partial charge in [-0.2, -0.15) is 0 Å². The van der Waals surface area contributed by atoms with E-state index >= 15 is 0 Å². The van der Waals surface area contributed by atoms with Gasteiger partial charge in [0.25, 0.3) is 0 Å². The lowest BCUT2D eigenvalue weighted by Crippen LogP contribution is -2.41. The van der Waals surface area contributed by atoms with Crippen LogP contribution in [0.5, 0.6) is 0 Å². The fourth-order valence-corrected chi connectivity index (χ4v) is 4.47. The first-order valence-electron chi connectivity index (χ1n) is 9.58. The Morgan fingerprint density at radius 2 is 1.83 bits per heavy atom. The van der Waals surface area contributed by atoms with Crippen LogP contribution in [-0.2, 0) is 27.8 Å². The van der Waals surface area contributed by atoms with Gasteiger partial charge in [0.1, 0.15) is 11.6 Å². The van der Waals surface area contributed by atoms with Crippen LogP contribution < -0.4 is 4.90 Å². The van der Waals surface area contributed by atoms with Gasteiger partial charge in [0.15, 0.2) is 0 Å². The molecule has 1 aliphatic rings. The second-order valence-electron chi connectivity index (χ2n) is 7.63. The lowest BCUT2D eigenvalue weighted by molar-refractivity contribution is -0.119. The number of hydrogen-bond acceptors (Lipinski definition) is 4. The molecule has 1 heterocycles. The first-order chi connectivity index (χ1) is 14.1. The Morgan fingerprint density at radius 3 is 2.50 bits per heavy atom. The molecule has 1 amide bonds. The maximum atomic E-state index is 13.9. The topological polar surface area (TPSA) is 60.9 Å². The van der Waals surface area contributed by atoms with Gasteiger partial charge in [0, 0.05) is 44.5 Å². The molecule has 2 aromatic rings. The van der Waals surface area contributed by atoms with E-state index in [1.807, 2.05) is 0 Å². The summed E-state index contributed by atoms with van der Waals surface area (Å²) < 4.78 is 52.9. The largest absolute Gasteiger partial charge is 0.311 e. The highest BCUT2D eigenvalue weighted by atomic mass is 32.2. The van der Waals surface area contributed by atoms with Gasteiger partial charge in [-0.25, -0.2) is 21.5 Å². The Balaban J connectivity index is 1.75. The van der Waals surface area contributed by atoms with Gasteiger partial charge in [-0.15, -0.1) is 0 Å². The Morgan fingerprint density at radius 1 is 1.10 bits per heavy atom. The summed E-state index contributed by atoms with van der Waals surface area (Å²) in [5, 5.41) is 0. The number of sulfonamides is 1. The van der Waals surface area contributed by atoms with E-state index in [9.17, 15) is 22.0 Å². The van der Waals surface area contributed by atoms with E-state index < -0.39 is 21.7 Å². The lowest BCUT2D eigenvalue weighted by Gasteiger charge is -2.31. The van der Waals surface area contributed by atoms with Gasteiger partial charge in [0.05, 0.1) is 11.4 Å². The zero-order valence-corrected chi connectivity index (χ0v) is 18.0. The number of anilines is 1. The number of fused-ring (bicyclic) bond motifs is 1. The number of rotatable bonds is 6. The van der Waals surface area contributed by atoms with Crippen molar-refractivity contribution in [1.82, 2.24) is 9.21 Å². The van der Waals surface area contributed by atoms with Crippen LogP contribution in [-0.4, -0.2) is 57.8 Å². The summed E-state index contributed by atoms with van der Waals surface area (Å²) in [4.78, 5) is 16.4. The van der Waals surface area contributed by atoms with Gasteiger partial charge in [0.2, 0.25) is 15.9 Å². The molecule has 0 saturated heterocycles. The third-order valence-corrected chi connectivity index (χ3v) is 6.92. The zero-order chi connectivity index (χ0) is 22.1. The van der Waals surface area contributed by atoms with Crippen molar-refractivity contribution < 1.29 is 22.0 Å². The van der Waals surface area contributed by atoms with Crippen LogP contribution >= 0.6 is 0 Å². The Kier molecular flexibility index (Phi) is 6.54. The number of aryl methyl sites for hydroxylation is 1. The van der Waals surface area contributed by atoms with E-state index in [4.69, 9.17) is 0 Å². The number of halogens is 2. The molecule has 0 aromatic heterocycles. The molecule has 3 rings (SSSR count). The lowest BCUT2D eigenvalue weighted by atomic mass is 10.0. The minimum absolute atomic E-state index is 0.0496. The quantitative estimate of drug-likeness (QED) is 0.697. The monoisotopic (exact) mass is 437 g/mol. The molecule has 162 valence electrons. The van der Waals surface area contributed by atoms with E-state index in [1.165, 1.54) is 32.3 Å². The minimum atomic E-state index is -3.55. The Labute approximate surface area is 175 Å². The third-order valence-electron chi connectivity index (χ3n) is 5.11. The molecule has 1 aliphatic heterocycles. The molecule has 0 radical (unpaired) electrons. The Bertz CT molecular complexity index is 1060. The van der Waals surface area contributed by atoms with Crippen LogP contribution in [0.15, 0.2) is 41.3 Å². The number of carbonyl (C=O) groups is 1. The van der Waals surface area contributed by atoms with Crippen molar-refractivity contribution in [2.45, 2.75) is 24.3 Å². The molecule has 0 unspecified atom stereocenters. The summed E-state index contributed by atoms with van der Waals surface area (Å²) >= 11 is 0. The summed E-state index contributed by atoms with van der Waals surface area (Å²) in [5.74, 6) is -1.45. The highest BCUT2D eigenvalue weighted by molar-refractivity contribution is 7.89. The molecule has 6 nitrogen and oxygen atoms in total. The molecule has 0 saturated carbocycles. The van der Waals surface area contributed by atoms with Crippen molar-refractivity contribution in [1.29, 1.82) is 0 Å². The summed E-state index contributed by atoms with van der Waals surface area (Å²) in [7, 11) is 1.10. The standard InChI is InChI=1S/C21H25F2N3O3S/c1-24(2)30(28,29)18-8-9-20-15(11-18)5-4-10-26(20)21(27)14-25(3)13-16-6-7-17(22)12-19(16)23/h6-9,11-12H,4-5,10,13-14H2,1-3H3. The van der Waals surface area contributed by atoms with Crippen LogP contribution in [0.25, 0.3) is 0 Å². The van der Waals surface area contributed by atoms with Crippen LogP contribution in [0.2, 0.25) is 0 Å². The van der Waals surface area contributed by atoms with Crippen molar-refractivity contribution in [3.8, 4) is 0 Å². The van der Waals surface area contributed by atoms with Crippen LogP contribution in [0.3, 0.4) is 0 Å². The highest BCUT2D eigenvalue weighted by Crippen LogP contribution is 2.30. The van der Waals surface area contributed by atoms with E-state index in [0.29, 0.717) is 24.2 Å². The van der Waals surface area contributed by atoms with Gasteiger partial charge < -0.3 is 4.90 Å². The SMILES string of the molecule is CN(CC(=O)N1CCCc2cc(S(=O)(=O)N(C)C)ccc21)Cc1ccc(F)cc1F. The number of benzene rings is 2. The van der Waals surface area contributed by atoms with Gasteiger partial charge >= 0.3 is 0 Å². The number of hydrogen-bond donors (Lipinski definition) is 0. The first-order valence-corrected chi connectivity index (χ1v) is 11.0. The van der Waals surface area contributed by atoms with Crippen molar-refractivity contribution >= 4 is 21.6 Å². The average molecular weight is 438 g/mol. The fourth-order valence-electron chi connectivity index (χ4n) is 3.52. The summed E-state index contributed by atoms with van der Waals surface area (Å²) in [6, 6.07) is 8.19. The zero-order valence-electron chi connectivity index (χ0n) is 17.2. The highest BCUT2D eigenvalue weighted by Gasteiger charge is 2.26. The number of carbonyl (C=O) groups excluding carboxylic acids is 1. The number of likely N-dealkylation sites (N-methyl/N-ethyl adjacent to an activating group) is 1. The smallest absolute Gasteiger partial charge is 0.242 e. The average Bonchev–Trinajstić information content (AvgIpc) is 2.69. The fraction of sp³-hybridized carbons (Fsp3) is 0.381. The second-order valence-corrected chi connectivity index (χ2v) is 9.79. The van der Waals surface area contributed by atoms with Crippen LogP contribution in [0.1, 0.15) is 17.5 Å². The van der Waals surface area contributed by atoms with E-state index in [0.717, 1.165) is 22.4 Å². The predicted molar refractivity (Wildman–Crippen MR) is 111 cm³/mol. The molecular weight excluding hydrogens is 412 g/mol. The second kappa shape index (κ2) is 8.79. The predicted octanol–water partition coefficient (Wildman–Crippen LogP) is 2.63. The molecule has 0 aliphatic carbocycles. The van der Waals surface area contributed by atoms with E-state index in [1.54, 1.807) is 29.0 Å². The van der Waals surface area contributed by atoms with Crippen molar-refractivity contribution in [3.05, 3.63) is 59.2 Å². The van der Waals surface area contributed by atoms with Gasteiger partial charge in [-0.05, 0) is 49.7 Å². The maximum Gasteiger partial charge on any atom is 0.242 e. The first kappa shape index (κ1) is 22.3. The summed E-state index contributed by atoms with van der Waals surface area (Å²) in [5.41, 5.74) is 1.82. The number of amides is 1. The molecule has 9 heteroatoms. The molecule has 30 heavy (non-hydrogen) atoms. The minimum Gasteiger partial charge on any atom is -0.311 e. The number of nitrogens with zero attached hydrogens (tertiary/aromatic N) is 3. The third kappa shape index (κ3) is 4.69. The molecule has 0 N–H and O–H groups in total. The summed E-state index contributed by atoms with van der Waals surface area (Å²) in [6.45, 7) is 0.747. The van der Waals surface area contributed by atoms with E-state index in [2.05, 4.69) is 0 Å². The van der Waals surface area contributed by atoms with Crippen LogP contribution in [0, 0.1) is 11.6 Å². The van der Waals surface area contributed by atoms with Gasteiger partial charge in [-0.1, -0.05) is 6.07 Å². The van der Waals surface area contributed by atoms with Crippen molar-refractivity contribution in [3.63, 3.8) is 0 Å². The van der Waals surface area contributed by atoms with Crippen molar-refractivity contribution in [2.75, 3.05) is 39.1 Å². The molecule has 0 bridgehead atoms. The molecule has 0 fully saturated rings. The normalized spacial score (nSPS) is 14.3. The maximum absolute atomic E-state index is 13.9. The molecule has 0 atom stereocenters. The van der Waals surface area contributed by atoms with Crippen molar-refractivity contribution in [2.24, 2.45) is 0 Å². The Hall–Kier alpha value is -2.36. The summed E-state index contributed by atoms with van der Waals surface area (Å²) in [6.07, 6.45) is 1.41.